The molecule has 2 heterocycles. The topological polar surface area (TPSA) is 67.1 Å². The van der Waals surface area contributed by atoms with E-state index in [-0.39, 0.29) is 11.8 Å². The molecule has 0 unspecified atom stereocenters. The van der Waals surface area contributed by atoms with Crippen molar-refractivity contribution in [3.05, 3.63) is 11.8 Å². The Morgan fingerprint density at radius 1 is 1.11 bits per heavy atom. The molecule has 0 amide bonds. The van der Waals surface area contributed by atoms with Gasteiger partial charge in [-0.1, -0.05) is 12.8 Å². The van der Waals surface area contributed by atoms with Gasteiger partial charge in [0.15, 0.2) is 5.69 Å². The van der Waals surface area contributed by atoms with Crippen LogP contribution >= 0.6 is 0 Å². The number of nitrogens with two attached hydrogens (primary N) is 1. The summed E-state index contributed by atoms with van der Waals surface area (Å²) in [4.78, 5) is 9.20. The minimum absolute atomic E-state index is 0.214. The molecule has 0 radical (unpaired) electrons. The first-order valence-electron chi connectivity index (χ1n) is 6.18. The molecule has 5 nitrogen and oxygen atoms in total. The zero-order valence-electron chi connectivity index (χ0n) is 10.4. The highest BCUT2D eigenvalue weighted by atomic mass is 19.4. The maximum absolute atomic E-state index is 12.8. The molecular formula is C11H16F3N5. The number of aromatic nitrogens is 2. The van der Waals surface area contributed by atoms with Crippen LogP contribution in [-0.2, 0) is 6.18 Å². The van der Waals surface area contributed by atoms with Crippen molar-refractivity contribution >= 4 is 11.8 Å². The fourth-order valence-corrected chi connectivity index (χ4v) is 2.11. The second kappa shape index (κ2) is 5.60. The first-order valence-corrected chi connectivity index (χ1v) is 6.18. The van der Waals surface area contributed by atoms with Gasteiger partial charge in [-0.05, 0) is 12.8 Å². The van der Waals surface area contributed by atoms with Crippen LogP contribution in [0.1, 0.15) is 31.4 Å². The third kappa shape index (κ3) is 3.46. The lowest BCUT2D eigenvalue weighted by Gasteiger charge is -2.22. The van der Waals surface area contributed by atoms with E-state index in [2.05, 4.69) is 15.4 Å². The van der Waals surface area contributed by atoms with E-state index >= 15 is 0 Å². The van der Waals surface area contributed by atoms with Crippen LogP contribution in [0.25, 0.3) is 0 Å². The number of hydrogen-bond donors (Lipinski definition) is 2. The Balaban J connectivity index is 2.33. The summed E-state index contributed by atoms with van der Waals surface area (Å²) in [6.07, 6.45) is -0.409. The van der Waals surface area contributed by atoms with Crippen molar-refractivity contribution in [1.82, 2.24) is 9.97 Å². The summed E-state index contributed by atoms with van der Waals surface area (Å²) in [5, 5.41) is 0. The fraction of sp³-hybridized carbons (Fsp3) is 0.636. The van der Waals surface area contributed by atoms with Crippen LogP contribution in [-0.4, -0.2) is 23.1 Å². The van der Waals surface area contributed by atoms with Gasteiger partial charge in [0.1, 0.15) is 5.82 Å². The number of alkyl halides is 3. The molecular weight excluding hydrogens is 259 g/mol. The smallest absolute Gasteiger partial charge is 0.356 e. The van der Waals surface area contributed by atoms with Crippen LogP contribution in [0, 0.1) is 0 Å². The van der Waals surface area contributed by atoms with Crippen LogP contribution < -0.4 is 16.2 Å². The van der Waals surface area contributed by atoms with Crippen molar-refractivity contribution in [3.8, 4) is 0 Å². The van der Waals surface area contributed by atoms with Gasteiger partial charge in [-0.15, -0.1) is 0 Å². The van der Waals surface area contributed by atoms with Crippen LogP contribution in [0.2, 0.25) is 0 Å². The number of nitrogen functional groups attached to an aromatic ring is 1. The number of halogens is 3. The predicted octanol–water partition coefficient (Wildman–Crippen LogP) is 2.16. The first-order chi connectivity index (χ1) is 9.00. The Morgan fingerprint density at radius 3 is 2.26 bits per heavy atom. The van der Waals surface area contributed by atoms with Crippen molar-refractivity contribution in [3.63, 3.8) is 0 Å². The molecule has 106 valence electrons. The molecule has 0 bridgehead atoms. The summed E-state index contributed by atoms with van der Waals surface area (Å²) < 4.78 is 38.3. The van der Waals surface area contributed by atoms with Crippen molar-refractivity contribution in [1.29, 1.82) is 0 Å². The number of nitrogens with zero attached hydrogens (tertiary/aromatic N) is 3. The highest BCUT2D eigenvalue weighted by Crippen LogP contribution is 2.31. The van der Waals surface area contributed by atoms with Gasteiger partial charge >= 0.3 is 6.18 Å². The van der Waals surface area contributed by atoms with E-state index in [1.54, 1.807) is 0 Å². The Labute approximate surface area is 109 Å². The zero-order chi connectivity index (χ0) is 13.9. The quantitative estimate of drug-likeness (QED) is 0.639. The van der Waals surface area contributed by atoms with Crippen LogP contribution in [0.5, 0.6) is 0 Å². The SMILES string of the molecule is NNc1nc(N2CCCCCC2)cc(C(F)(F)F)n1. The van der Waals surface area contributed by atoms with Crippen molar-refractivity contribution in [2.75, 3.05) is 23.4 Å². The maximum Gasteiger partial charge on any atom is 0.433 e. The summed E-state index contributed by atoms with van der Waals surface area (Å²) in [5.41, 5.74) is 1.11. The van der Waals surface area contributed by atoms with E-state index in [4.69, 9.17) is 5.84 Å². The number of nitrogens with one attached hydrogen (secondary N) is 1. The minimum Gasteiger partial charge on any atom is -0.356 e. The van der Waals surface area contributed by atoms with Gasteiger partial charge < -0.3 is 4.90 Å². The number of hydrazine groups is 1. The van der Waals surface area contributed by atoms with Crippen LogP contribution in [0.3, 0.4) is 0 Å². The molecule has 1 aliphatic rings. The van der Waals surface area contributed by atoms with Crippen molar-refractivity contribution in [2.45, 2.75) is 31.9 Å². The molecule has 1 fully saturated rings. The lowest BCUT2D eigenvalue weighted by atomic mass is 10.2. The normalized spacial score (nSPS) is 17.2. The molecule has 3 N–H and O–H groups in total. The number of anilines is 2. The van der Waals surface area contributed by atoms with Crippen LogP contribution in [0.15, 0.2) is 6.07 Å². The van der Waals surface area contributed by atoms with E-state index in [1.807, 2.05) is 4.90 Å². The van der Waals surface area contributed by atoms with E-state index in [1.165, 1.54) is 0 Å². The largest absolute Gasteiger partial charge is 0.433 e. The summed E-state index contributed by atoms with van der Waals surface area (Å²) in [6, 6.07) is 0.978. The molecule has 0 aromatic carbocycles. The molecule has 1 aliphatic heterocycles. The van der Waals surface area contributed by atoms with Crippen molar-refractivity contribution < 1.29 is 13.2 Å². The van der Waals surface area contributed by atoms with E-state index in [0.29, 0.717) is 13.1 Å². The molecule has 1 aromatic heterocycles. The molecule has 0 atom stereocenters. The van der Waals surface area contributed by atoms with E-state index in [0.717, 1.165) is 31.7 Å². The lowest BCUT2D eigenvalue weighted by molar-refractivity contribution is -0.141. The third-order valence-electron chi connectivity index (χ3n) is 3.06. The van der Waals surface area contributed by atoms with E-state index in [9.17, 15) is 13.2 Å². The molecule has 19 heavy (non-hydrogen) atoms. The Bertz CT molecular complexity index is 427. The molecule has 1 saturated heterocycles. The maximum atomic E-state index is 12.8. The molecule has 8 heteroatoms. The number of rotatable bonds is 2. The third-order valence-corrected chi connectivity index (χ3v) is 3.06. The van der Waals surface area contributed by atoms with Gasteiger partial charge in [0, 0.05) is 19.2 Å². The summed E-state index contributed by atoms with van der Waals surface area (Å²) in [6.45, 7) is 1.41. The van der Waals surface area contributed by atoms with Gasteiger partial charge in [0.2, 0.25) is 5.95 Å². The van der Waals surface area contributed by atoms with Crippen molar-refractivity contribution in [2.24, 2.45) is 5.84 Å². The van der Waals surface area contributed by atoms with Crippen LogP contribution in [0.4, 0.5) is 24.9 Å². The summed E-state index contributed by atoms with van der Waals surface area (Å²) in [7, 11) is 0. The Morgan fingerprint density at radius 2 is 1.74 bits per heavy atom. The van der Waals surface area contributed by atoms with E-state index < -0.39 is 11.9 Å². The standard InChI is InChI=1S/C11H16F3N5/c12-11(13,14)8-7-9(17-10(16-8)18-15)19-5-3-1-2-4-6-19/h7H,1-6,15H2,(H,16,17,18). The first kappa shape index (κ1) is 13.9. The number of hydrogen-bond acceptors (Lipinski definition) is 5. The van der Waals surface area contributed by atoms with Gasteiger partial charge in [-0.25, -0.2) is 10.8 Å². The molecule has 0 aliphatic carbocycles. The molecule has 0 spiro atoms. The minimum atomic E-state index is -4.50. The Hall–Kier alpha value is -1.57. The lowest BCUT2D eigenvalue weighted by Crippen LogP contribution is -2.27. The van der Waals surface area contributed by atoms with Gasteiger partial charge in [0.25, 0.3) is 0 Å². The Kier molecular flexibility index (Phi) is 4.08. The monoisotopic (exact) mass is 275 g/mol. The summed E-state index contributed by atoms with van der Waals surface area (Å²) >= 11 is 0. The zero-order valence-corrected chi connectivity index (χ0v) is 10.4. The molecule has 2 rings (SSSR count). The highest BCUT2D eigenvalue weighted by molar-refractivity contribution is 5.45. The molecule has 0 saturated carbocycles. The van der Waals surface area contributed by atoms with Gasteiger partial charge in [-0.2, -0.15) is 18.2 Å². The van der Waals surface area contributed by atoms with Gasteiger partial charge in [0.05, 0.1) is 0 Å². The second-order valence-corrected chi connectivity index (χ2v) is 4.48. The second-order valence-electron chi connectivity index (χ2n) is 4.48. The fourth-order valence-electron chi connectivity index (χ4n) is 2.11. The average molecular weight is 275 g/mol. The highest BCUT2D eigenvalue weighted by Gasteiger charge is 2.34. The summed E-state index contributed by atoms with van der Waals surface area (Å²) in [5.74, 6) is 5.19. The van der Waals surface area contributed by atoms with Gasteiger partial charge in [-0.3, -0.25) is 5.43 Å². The predicted molar refractivity (Wildman–Crippen MR) is 65.5 cm³/mol. The average Bonchev–Trinajstić information content (AvgIpc) is 2.66. The molecule has 1 aromatic rings.